The first-order valence-electron chi connectivity index (χ1n) is 5.50. The van der Waals surface area contributed by atoms with Crippen molar-refractivity contribution >= 4 is 8.07 Å². The van der Waals surface area contributed by atoms with Crippen LogP contribution in [0.2, 0.25) is 18.1 Å². The predicted octanol–water partition coefficient (Wildman–Crippen LogP) is 2.44. The molecule has 0 atom stereocenters. The summed E-state index contributed by atoms with van der Waals surface area (Å²) < 4.78 is 5.15. The highest BCUT2D eigenvalue weighted by molar-refractivity contribution is 6.87. The molecule has 0 aromatic carbocycles. The van der Waals surface area contributed by atoms with Crippen LogP contribution in [0.5, 0.6) is 0 Å². The zero-order valence-corrected chi connectivity index (χ0v) is 11.7. The molecule has 2 nitrogen and oxygen atoms in total. The smallest absolute Gasteiger partial charge is 0.137 e. The molecular weight excluding hydrogens is 204 g/mol. The minimum absolute atomic E-state index is 0.0929. The second-order valence-electron chi connectivity index (χ2n) is 5.26. The molecule has 88 valence electrons. The van der Waals surface area contributed by atoms with Crippen LogP contribution in [0.15, 0.2) is 0 Å². The number of aliphatic hydroxyl groups excluding tert-OH is 1. The monoisotopic (exact) mass is 228 g/mol. The van der Waals surface area contributed by atoms with Gasteiger partial charge >= 0.3 is 0 Å². The molecular formula is C12H24O2Si. The quantitative estimate of drug-likeness (QED) is 0.455. The molecule has 0 aliphatic carbocycles. The average Bonchev–Trinajstić information content (AvgIpc) is 2.09. The normalized spacial score (nSPS) is 12.1. The Bertz CT molecular complexity index is 230. The van der Waals surface area contributed by atoms with Gasteiger partial charge in [0.1, 0.15) is 8.07 Å². The maximum absolute atomic E-state index is 8.50. The minimum Gasteiger partial charge on any atom is -0.394 e. The Kier molecular flexibility index (Phi) is 6.19. The highest BCUT2D eigenvalue weighted by Crippen LogP contribution is 2.35. The molecule has 0 saturated heterocycles. The number of ether oxygens (including phenoxy) is 1. The van der Waals surface area contributed by atoms with E-state index in [0.717, 1.165) is 6.42 Å². The van der Waals surface area contributed by atoms with Gasteiger partial charge in [0.2, 0.25) is 0 Å². The van der Waals surface area contributed by atoms with Crippen LogP contribution < -0.4 is 0 Å². The summed E-state index contributed by atoms with van der Waals surface area (Å²) in [6, 6.07) is 0. The molecule has 0 aromatic heterocycles. The van der Waals surface area contributed by atoms with Gasteiger partial charge in [0.25, 0.3) is 0 Å². The van der Waals surface area contributed by atoms with E-state index >= 15 is 0 Å². The van der Waals surface area contributed by atoms with Crippen LogP contribution in [-0.4, -0.2) is 33.0 Å². The molecule has 0 spiro atoms. The summed E-state index contributed by atoms with van der Waals surface area (Å²) in [6.45, 7) is 12.5. The second-order valence-corrected chi connectivity index (χ2v) is 10.3. The molecule has 0 rings (SSSR count). The van der Waals surface area contributed by atoms with Gasteiger partial charge in [-0.3, -0.25) is 0 Å². The van der Waals surface area contributed by atoms with Gasteiger partial charge in [0, 0.05) is 6.42 Å². The Morgan fingerprint density at radius 1 is 1.20 bits per heavy atom. The summed E-state index contributed by atoms with van der Waals surface area (Å²) in [7, 11) is -1.44. The lowest BCUT2D eigenvalue weighted by Gasteiger charge is -2.31. The van der Waals surface area contributed by atoms with Crippen LogP contribution in [0.3, 0.4) is 0 Å². The van der Waals surface area contributed by atoms with Crippen molar-refractivity contribution in [2.24, 2.45) is 0 Å². The van der Waals surface area contributed by atoms with Crippen LogP contribution in [-0.2, 0) is 4.74 Å². The molecule has 3 heteroatoms. The lowest BCUT2D eigenvalue weighted by Crippen LogP contribution is -2.35. The Morgan fingerprint density at radius 2 is 1.80 bits per heavy atom. The van der Waals surface area contributed by atoms with Crippen molar-refractivity contribution in [1.82, 2.24) is 0 Å². The highest BCUT2D eigenvalue weighted by Gasteiger charge is 2.33. The van der Waals surface area contributed by atoms with E-state index in [-0.39, 0.29) is 6.61 Å². The lowest BCUT2D eigenvalue weighted by atomic mass is 10.2. The topological polar surface area (TPSA) is 29.5 Å². The molecule has 0 saturated carbocycles. The lowest BCUT2D eigenvalue weighted by molar-refractivity contribution is 0.0963. The average molecular weight is 228 g/mol. The molecule has 0 amide bonds. The fourth-order valence-electron chi connectivity index (χ4n) is 0.761. The third-order valence-corrected chi connectivity index (χ3v) is 7.43. The van der Waals surface area contributed by atoms with E-state index < -0.39 is 8.07 Å². The van der Waals surface area contributed by atoms with Gasteiger partial charge in [-0.15, -0.1) is 11.5 Å². The third kappa shape index (κ3) is 5.98. The molecule has 0 aliphatic rings. The minimum atomic E-state index is -1.44. The van der Waals surface area contributed by atoms with Crippen molar-refractivity contribution in [1.29, 1.82) is 0 Å². The first kappa shape index (κ1) is 14.7. The maximum atomic E-state index is 8.50. The zero-order valence-electron chi connectivity index (χ0n) is 10.7. The third-order valence-electron chi connectivity index (χ3n) is 2.88. The standard InChI is InChI=1S/C12H24O2Si/c1-12(2,3)15(4,5)11-7-6-9-14-10-8-13/h13H,6,8-10H2,1-5H3. The fraction of sp³-hybridized carbons (Fsp3) is 0.833. The molecule has 0 radical (unpaired) electrons. The van der Waals surface area contributed by atoms with Gasteiger partial charge in [-0.05, 0) is 5.04 Å². The Morgan fingerprint density at radius 3 is 2.27 bits per heavy atom. The molecule has 0 aromatic rings. The molecule has 1 N–H and O–H groups in total. The number of rotatable bonds is 4. The molecule has 0 fully saturated rings. The van der Waals surface area contributed by atoms with E-state index in [9.17, 15) is 0 Å². The highest BCUT2D eigenvalue weighted by atomic mass is 28.3. The molecule has 0 bridgehead atoms. The van der Waals surface area contributed by atoms with Crippen molar-refractivity contribution in [2.45, 2.75) is 45.3 Å². The van der Waals surface area contributed by atoms with Gasteiger partial charge in [-0.2, -0.15) is 0 Å². The summed E-state index contributed by atoms with van der Waals surface area (Å²) in [5.41, 5.74) is 3.42. The summed E-state index contributed by atoms with van der Waals surface area (Å²) in [5, 5.41) is 8.83. The largest absolute Gasteiger partial charge is 0.394 e. The number of hydrogen-bond donors (Lipinski definition) is 1. The summed E-state index contributed by atoms with van der Waals surface area (Å²) in [5.74, 6) is 3.20. The van der Waals surface area contributed by atoms with Crippen LogP contribution in [0.4, 0.5) is 0 Å². The van der Waals surface area contributed by atoms with E-state index in [0.29, 0.717) is 18.3 Å². The molecule has 0 unspecified atom stereocenters. The van der Waals surface area contributed by atoms with Crippen molar-refractivity contribution in [3.8, 4) is 11.5 Å². The van der Waals surface area contributed by atoms with Crippen LogP contribution >= 0.6 is 0 Å². The Labute approximate surface area is 95.0 Å². The second kappa shape index (κ2) is 6.32. The van der Waals surface area contributed by atoms with E-state index in [1.54, 1.807) is 0 Å². The Hall–Kier alpha value is -0.303. The first-order chi connectivity index (χ1) is 6.81. The van der Waals surface area contributed by atoms with Gasteiger partial charge in [0.05, 0.1) is 19.8 Å². The molecule has 15 heavy (non-hydrogen) atoms. The SMILES string of the molecule is CC(C)(C)[Si](C)(C)C#CCCOCCO. The first-order valence-corrected chi connectivity index (χ1v) is 8.50. The fourth-order valence-corrected chi connectivity index (χ4v) is 1.70. The van der Waals surface area contributed by atoms with Crippen molar-refractivity contribution in [3.63, 3.8) is 0 Å². The van der Waals surface area contributed by atoms with Gasteiger partial charge in [0.15, 0.2) is 0 Å². The van der Waals surface area contributed by atoms with Crippen molar-refractivity contribution in [2.75, 3.05) is 19.8 Å². The summed E-state index contributed by atoms with van der Waals surface area (Å²) in [6.07, 6.45) is 0.770. The predicted molar refractivity (Wildman–Crippen MR) is 67.5 cm³/mol. The van der Waals surface area contributed by atoms with Crippen molar-refractivity contribution in [3.05, 3.63) is 0 Å². The van der Waals surface area contributed by atoms with Gasteiger partial charge in [-0.1, -0.05) is 33.9 Å². The van der Waals surface area contributed by atoms with E-state index in [2.05, 4.69) is 45.3 Å². The van der Waals surface area contributed by atoms with E-state index in [1.165, 1.54) is 0 Å². The van der Waals surface area contributed by atoms with Crippen LogP contribution in [0.25, 0.3) is 0 Å². The number of hydrogen-bond acceptors (Lipinski definition) is 2. The van der Waals surface area contributed by atoms with Crippen molar-refractivity contribution < 1.29 is 9.84 Å². The Balaban J connectivity index is 3.95. The summed E-state index contributed by atoms with van der Waals surface area (Å²) in [4.78, 5) is 0. The number of aliphatic hydroxyl groups is 1. The molecule has 0 aliphatic heterocycles. The van der Waals surface area contributed by atoms with Crippen LogP contribution in [0.1, 0.15) is 27.2 Å². The summed E-state index contributed by atoms with van der Waals surface area (Å²) >= 11 is 0. The van der Waals surface area contributed by atoms with E-state index in [1.807, 2.05) is 0 Å². The van der Waals surface area contributed by atoms with Gasteiger partial charge < -0.3 is 9.84 Å². The van der Waals surface area contributed by atoms with Crippen LogP contribution in [0, 0.1) is 11.5 Å². The van der Waals surface area contributed by atoms with Gasteiger partial charge in [-0.25, -0.2) is 0 Å². The molecule has 0 heterocycles. The maximum Gasteiger partial charge on any atom is 0.137 e. The zero-order chi connectivity index (χ0) is 11.9. The van der Waals surface area contributed by atoms with E-state index in [4.69, 9.17) is 9.84 Å².